The molecular formula is C36H41N5O9S. The second-order valence-corrected chi connectivity index (χ2v) is 15.3. The summed E-state index contributed by atoms with van der Waals surface area (Å²) in [7, 11) is 3.50. The number of rotatable bonds is 4. The number of ether oxygens (including phenoxy) is 5. The lowest BCUT2D eigenvalue weighted by Crippen LogP contribution is -2.69. The van der Waals surface area contributed by atoms with Crippen LogP contribution < -0.4 is 29.6 Å². The van der Waals surface area contributed by atoms with E-state index in [9.17, 15) is 24.8 Å². The quantitative estimate of drug-likeness (QED) is 0.311. The minimum Gasteiger partial charge on any atom is -0.504 e. The van der Waals surface area contributed by atoms with E-state index in [4.69, 9.17) is 23.7 Å². The number of benzene rings is 2. The molecule has 9 rings (SSSR count). The number of amides is 1. The maximum Gasteiger partial charge on any atom is 0.329 e. The Labute approximate surface area is 299 Å². The molecule has 15 heteroatoms. The number of hydrogen-bond donors (Lipinski definition) is 3. The molecule has 7 aliphatic rings. The highest BCUT2D eigenvalue weighted by molar-refractivity contribution is 7.99. The number of phenolic OH excluding ortho intramolecular Hbond substituents is 1. The zero-order valence-corrected chi connectivity index (χ0v) is 29.9. The van der Waals surface area contributed by atoms with E-state index in [-0.39, 0.29) is 36.9 Å². The SMILES string of the molecule is COc1c(C)cc2c(c1O)[C@@H]1[C@@H]3[C@@H]4SC[C@H](NC(=O)[C@@H]5CCCN5)C(=O)OC[C@@H](c5c6c(c(C)c(OC(C)=O)c54)OCO6)N3[C@@H](C#N)[C@H](C2)N1C. The summed E-state index contributed by atoms with van der Waals surface area (Å²) >= 11 is 1.42. The van der Waals surface area contributed by atoms with Crippen LogP contribution in [0.2, 0.25) is 0 Å². The number of esters is 2. The van der Waals surface area contributed by atoms with Gasteiger partial charge in [0.25, 0.3) is 0 Å². The van der Waals surface area contributed by atoms with Crippen molar-refractivity contribution in [2.75, 3.05) is 39.9 Å². The third-order valence-corrected chi connectivity index (χ3v) is 12.8. The van der Waals surface area contributed by atoms with Crippen molar-refractivity contribution in [3.63, 3.8) is 0 Å². The predicted molar refractivity (Wildman–Crippen MR) is 183 cm³/mol. The molecule has 1 amide bonds. The summed E-state index contributed by atoms with van der Waals surface area (Å²) in [4.78, 5) is 44.2. The van der Waals surface area contributed by atoms with E-state index in [1.807, 2.05) is 27.0 Å². The summed E-state index contributed by atoms with van der Waals surface area (Å²) in [5.41, 5.74) is 4.32. The van der Waals surface area contributed by atoms with Gasteiger partial charge >= 0.3 is 11.9 Å². The van der Waals surface area contributed by atoms with Gasteiger partial charge < -0.3 is 39.4 Å². The van der Waals surface area contributed by atoms with E-state index in [2.05, 4.69) is 26.5 Å². The van der Waals surface area contributed by atoms with Crippen LogP contribution in [0, 0.1) is 25.2 Å². The van der Waals surface area contributed by atoms with Crippen LogP contribution in [0.4, 0.5) is 0 Å². The molecule has 0 unspecified atom stereocenters. The fourth-order valence-corrected chi connectivity index (χ4v) is 10.8. The highest BCUT2D eigenvalue weighted by Crippen LogP contribution is 2.64. The Hall–Kier alpha value is -4.23. The van der Waals surface area contributed by atoms with Crippen molar-refractivity contribution in [3.8, 4) is 34.8 Å². The molecule has 3 N–H and O–H groups in total. The smallest absolute Gasteiger partial charge is 0.329 e. The van der Waals surface area contributed by atoms with Gasteiger partial charge in [0.05, 0.1) is 36.6 Å². The van der Waals surface area contributed by atoms with Crippen LogP contribution in [0.3, 0.4) is 0 Å². The van der Waals surface area contributed by atoms with Crippen LogP contribution in [0.1, 0.15) is 70.5 Å². The number of hydrogen-bond acceptors (Lipinski definition) is 14. The summed E-state index contributed by atoms with van der Waals surface area (Å²) in [5.74, 6) is 0.394. The molecule has 8 atom stereocenters. The van der Waals surface area contributed by atoms with Gasteiger partial charge in [0.15, 0.2) is 23.0 Å². The van der Waals surface area contributed by atoms with Crippen LogP contribution in [-0.2, 0) is 25.5 Å². The molecule has 3 saturated heterocycles. The highest BCUT2D eigenvalue weighted by Gasteiger charge is 2.60. The van der Waals surface area contributed by atoms with E-state index >= 15 is 0 Å². The molecule has 0 saturated carbocycles. The molecule has 0 aromatic heterocycles. The molecule has 3 fully saturated rings. The van der Waals surface area contributed by atoms with Crippen LogP contribution in [0.5, 0.6) is 28.7 Å². The lowest BCUT2D eigenvalue weighted by Gasteiger charge is -2.61. The van der Waals surface area contributed by atoms with Gasteiger partial charge in [-0.15, -0.1) is 11.8 Å². The first-order valence-electron chi connectivity index (χ1n) is 17.3. The molecule has 51 heavy (non-hydrogen) atoms. The van der Waals surface area contributed by atoms with Gasteiger partial charge in [0, 0.05) is 47.0 Å². The summed E-state index contributed by atoms with van der Waals surface area (Å²) in [5, 5.41) is 28.5. The molecule has 14 nitrogen and oxygen atoms in total. The van der Waals surface area contributed by atoms with Crippen LogP contribution in [0.15, 0.2) is 6.07 Å². The Morgan fingerprint density at radius 3 is 2.65 bits per heavy atom. The van der Waals surface area contributed by atoms with Gasteiger partial charge in [-0.25, -0.2) is 4.79 Å². The Balaban J connectivity index is 1.36. The van der Waals surface area contributed by atoms with Crippen LogP contribution in [-0.4, -0.2) is 103 Å². The standard InChI is InChI=1S/C36H41N5O9S/c1-15-9-18-10-21-22(11-37)41-23-12-47-36(45)20(39-35(44)19-7-6-8-38-19)13-51-34(28(41)27(40(21)4)24(18)29(43)30(15)46-5)26-25(23)33-32(48-14-49-33)16(2)31(26)50-17(3)42/h9,19-23,27-28,34,38,43H,6-8,10,12-14H2,1-5H3,(H,39,44)/t19-,20-,21-,22-,23-,27+,28+,34+/m0/s1. The van der Waals surface area contributed by atoms with Crippen molar-refractivity contribution < 1.29 is 43.2 Å². The van der Waals surface area contributed by atoms with Gasteiger partial charge in [0.2, 0.25) is 12.7 Å². The molecule has 7 heterocycles. The lowest BCUT2D eigenvalue weighted by atomic mass is 9.71. The molecule has 7 aliphatic heterocycles. The maximum absolute atomic E-state index is 13.8. The first kappa shape index (κ1) is 33.9. The zero-order chi connectivity index (χ0) is 35.9. The third-order valence-electron chi connectivity index (χ3n) is 11.4. The number of carbonyl (C=O) groups is 3. The monoisotopic (exact) mass is 719 g/mol. The number of fused-ring (bicyclic) bond motifs is 10. The minimum absolute atomic E-state index is 0.0408. The van der Waals surface area contributed by atoms with Crippen molar-refractivity contribution in [3.05, 3.63) is 39.4 Å². The number of nitriles is 1. The number of aryl methyl sites for hydroxylation is 1. The number of piperazine rings is 1. The summed E-state index contributed by atoms with van der Waals surface area (Å²) in [6.07, 6.45) is 2.03. The van der Waals surface area contributed by atoms with Crippen molar-refractivity contribution in [1.82, 2.24) is 20.4 Å². The third kappa shape index (κ3) is 5.13. The number of nitrogens with zero attached hydrogens (tertiary/aromatic N) is 3. The number of methoxy groups -OCH3 is 1. The summed E-state index contributed by atoms with van der Waals surface area (Å²) in [6, 6.07) is 0.593. The number of aromatic hydroxyl groups is 1. The molecule has 2 aromatic rings. The van der Waals surface area contributed by atoms with Gasteiger partial charge in [-0.2, -0.15) is 5.26 Å². The van der Waals surface area contributed by atoms with E-state index in [1.54, 1.807) is 0 Å². The van der Waals surface area contributed by atoms with Gasteiger partial charge in [-0.1, -0.05) is 6.07 Å². The van der Waals surface area contributed by atoms with E-state index in [0.29, 0.717) is 58.1 Å². The highest BCUT2D eigenvalue weighted by atomic mass is 32.2. The fraction of sp³-hybridized carbons (Fsp3) is 0.556. The average Bonchev–Trinajstić information content (AvgIpc) is 3.81. The van der Waals surface area contributed by atoms with Gasteiger partial charge in [-0.05, 0) is 57.8 Å². The first-order chi connectivity index (χ1) is 24.5. The van der Waals surface area contributed by atoms with Gasteiger partial charge in [-0.3, -0.25) is 19.4 Å². The minimum atomic E-state index is -0.968. The molecule has 0 aliphatic carbocycles. The summed E-state index contributed by atoms with van der Waals surface area (Å²) < 4.78 is 29.9. The topological polar surface area (TPSA) is 172 Å². The predicted octanol–water partition coefficient (Wildman–Crippen LogP) is 2.47. The van der Waals surface area contributed by atoms with E-state index < -0.39 is 53.4 Å². The van der Waals surface area contributed by atoms with Crippen molar-refractivity contribution in [1.29, 1.82) is 5.26 Å². The Morgan fingerprint density at radius 2 is 1.94 bits per heavy atom. The van der Waals surface area contributed by atoms with Crippen molar-refractivity contribution >= 4 is 29.6 Å². The Bertz CT molecular complexity index is 1880. The second-order valence-electron chi connectivity index (χ2n) is 14.1. The molecule has 0 spiro atoms. The van der Waals surface area contributed by atoms with Crippen molar-refractivity contribution in [2.24, 2.45) is 0 Å². The van der Waals surface area contributed by atoms with Crippen LogP contribution >= 0.6 is 11.8 Å². The number of nitrogens with one attached hydrogen (secondary N) is 2. The number of carbonyl (C=O) groups excluding carboxylic acids is 3. The van der Waals surface area contributed by atoms with Crippen molar-refractivity contribution in [2.45, 2.75) is 87.6 Å². The summed E-state index contributed by atoms with van der Waals surface area (Å²) in [6.45, 7) is 5.54. The molecule has 0 radical (unpaired) electrons. The molecular weight excluding hydrogens is 678 g/mol. The van der Waals surface area contributed by atoms with Gasteiger partial charge in [0.1, 0.15) is 24.4 Å². The average molecular weight is 720 g/mol. The largest absolute Gasteiger partial charge is 0.504 e. The lowest BCUT2D eigenvalue weighted by molar-refractivity contribution is -0.152. The normalized spacial score (nSPS) is 30.7. The molecule has 4 bridgehead atoms. The number of phenols is 1. The zero-order valence-electron chi connectivity index (χ0n) is 29.1. The van der Waals surface area contributed by atoms with Crippen LogP contribution in [0.25, 0.3) is 0 Å². The maximum atomic E-state index is 13.8. The molecule has 270 valence electrons. The second kappa shape index (κ2) is 12.8. The van der Waals surface area contributed by atoms with E-state index in [1.165, 1.54) is 25.8 Å². The number of likely N-dealkylation sites (N-methyl/N-ethyl adjacent to an activating group) is 1. The first-order valence-corrected chi connectivity index (χ1v) is 18.3. The Kier molecular flexibility index (Phi) is 8.48. The van der Waals surface area contributed by atoms with E-state index in [0.717, 1.165) is 24.1 Å². The fourth-order valence-electron chi connectivity index (χ4n) is 9.25. The molecule has 2 aromatic carbocycles. The number of thioether (sulfide) groups is 1. The Morgan fingerprint density at radius 1 is 1.16 bits per heavy atom.